The fourth-order valence-corrected chi connectivity index (χ4v) is 5.18. The first kappa shape index (κ1) is 22.7. The van der Waals surface area contributed by atoms with E-state index in [-0.39, 0.29) is 12.5 Å². The number of thiazole rings is 1. The fraction of sp³-hybridized carbons (Fsp3) is 0.417. The van der Waals surface area contributed by atoms with Crippen LogP contribution in [0, 0.1) is 0 Å². The summed E-state index contributed by atoms with van der Waals surface area (Å²) in [5, 5.41) is 0.568. The second kappa shape index (κ2) is 10.0. The molecule has 5 rings (SSSR count). The van der Waals surface area contributed by atoms with Crippen LogP contribution in [0.25, 0.3) is 10.2 Å². The number of ether oxygens (including phenoxy) is 5. The van der Waals surface area contributed by atoms with E-state index < -0.39 is 6.10 Å². The summed E-state index contributed by atoms with van der Waals surface area (Å²) < 4.78 is 29.2. The summed E-state index contributed by atoms with van der Waals surface area (Å²) in [6.07, 6.45) is -0.768. The number of rotatable bonds is 7. The van der Waals surface area contributed by atoms with Crippen LogP contribution in [-0.4, -0.2) is 82.1 Å². The summed E-state index contributed by atoms with van der Waals surface area (Å²) in [6, 6.07) is 11.0. The summed E-state index contributed by atoms with van der Waals surface area (Å²) in [7, 11) is 3.22. The molecule has 1 amide bonds. The predicted molar refractivity (Wildman–Crippen MR) is 129 cm³/mol. The smallest absolute Gasteiger partial charge is 0.273 e. The summed E-state index contributed by atoms with van der Waals surface area (Å²) in [4.78, 5) is 22.5. The molecule has 1 saturated heterocycles. The van der Waals surface area contributed by atoms with Crippen LogP contribution in [0.3, 0.4) is 0 Å². The number of hydrogen-bond donors (Lipinski definition) is 0. The zero-order valence-electron chi connectivity index (χ0n) is 19.2. The summed E-state index contributed by atoms with van der Waals surface area (Å²) in [5.41, 5.74) is 0.664. The molecule has 10 heteroatoms. The number of hydrogen-bond acceptors (Lipinski definition) is 9. The summed E-state index contributed by atoms with van der Waals surface area (Å²) in [5.74, 6) is 2.32. The Labute approximate surface area is 201 Å². The van der Waals surface area contributed by atoms with E-state index in [4.69, 9.17) is 28.7 Å². The first-order valence-corrected chi connectivity index (χ1v) is 12.0. The number of amides is 1. The molecule has 0 saturated carbocycles. The maximum Gasteiger partial charge on any atom is 0.273 e. The Hall–Kier alpha value is -3.08. The lowest BCUT2D eigenvalue weighted by molar-refractivity contribution is -0.127. The molecule has 0 aliphatic carbocycles. The third kappa shape index (κ3) is 4.48. The zero-order valence-corrected chi connectivity index (χ0v) is 20.0. The molecule has 3 aromatic rings. The third-order valence-electron chi connectivity index (χ3n) is 5.92. The van der Waals surface area contributed by atoms with Gasteiger partial charge in [-0.15, -0.1) is 0 Å². The van der Waals surface area contributed by atoms with Gasteiger partial charge in [-0.2, -0.15) is 0 Å². The Morgan fingerprint density at radius 1 is 1.12 bits per heavy atom. The van der Waals surface area contributed by atoms with Crippen LogP contribution in [0.2, 0.25) is 0 Å². The zero-order chi connectivity index (χ0) is 23.5. The van der Waals surface area contributed by atoms with Crippen molar-refractivity contribution in [2.75, 3.05) is 65.1 Å². The monoisotopic (exact) mass is 485 g/mol. The number of benzene rings is 2. The van der Waals surface area contributed by atoms with Crippen molar-refractivity contribution in [1.29, 1.82) is 0 Å². The van der Waals surface area contributed by atoms with E-state index in [1.807, 2.05) is 30.3 Å². The molecular formula is C24H27N3O6S. The molecule has 9 nitrogen and oxygen atoms in total. The normalized spacial score (nSPS) is 18.0. The average Bonchev–Trinajstić information content (AvgIpc) is 3.33. The minimum atomic E-state index is -0.768. The largest absolute Gasteiger partial charge is 0.495 e. The van der Waals surface area contributed by atoms with Crippen molar-refractivity contribution in [2.45, 2.75) is 6.10 Å². The van der Waals surface area contributed by atoms with Crippen LogP contribution in [-0.2, 0) is 9.53 Å². The van der Waals surface area contributed by atoms with Crippen molar-refractivity contribution < 1.29 is 28.5 Å². The topological polar surface area (TPSA) is 82.6 Å². The molecular weight excluding hydrogens is 458 g/mol. The molecule has 180 valence electrons. The number of anilines is 1. The van der Waals surface area contributed by atoms with E-state index in [9.17, 15) is 4.79 Å². The van der Waals surface area contributed by atoms with Gasteiger partial charge in [0.05, 0.1) is 27.4 Å². The number of aromatic nitrogens is 1. The molecule has 2 aliphatic rings. The standard InChI is InChI=1S/C24H27N3O6S/c1-29-18-7-8-19(30-2)22-21(18)25-24(34-22)27(10-9-26-11-13-31-14-12-26)23(28)20-15-32-16-5-3-4-6-17(16)33-20/h3-8,20H,9-15H2,1-2H3/t20-/m0/s1. The molecule has 0 unspecified atom stereocenters. The second-order valence-corrected chi connectivity index (χ2v) is 8.93. The number of para-hydroxylation sites is 2. The Morgan fingerprint density at radius 3 is 2.62 bits per heavy atom. The van der Waals surface area contributed by atoms with Crippen LogP contribution >= 0.6 is 11.3 Å². The van der Waals surface area contributed by atoms with Gasteiger partial charge < -0.3 is 23.7 Å². The average molecular weight is 486 g/mol. The van der Waals surface area contributed by atoms with E-state index in [1.165, 1.54) is 11.3 Å². The molecule has 2 aliphatic heterocycles. The van der Waals surface area contributed by atoms with E-state index in [0.717, 1.165) is 17.8 Å². The summed E-state index contributed by atoms with van der Waals surface area (Å²) >= 11 is 1.40. The summed E-state index contributed by atoms with van der Waals surface area (Å²) in [6.45, 7) is 4.36. The molecule has 1 aromatic heterocycles. The Balaban J connectivity index is 1.46. The highest BCUT2D eigenvalue weighted by atomic mass is 32.1. The van der Waals surface area contributed by atoms with Gasteiger partial charge in [-0.25, -0.2) is 4.98 Å². The maximum atomic E-state index is 13.7. The van der Waals surface area contributed by atoms with Crippen molar-refractivity contribution in [3.63, 3.8) is 0 Å². The Morgan fingerprint density at radius 2 is 1.85 bits per heavy atom. The van der Waals surface area contributed by atoms with Gasteiger partial charge >= 0.3 is 0 Å². The van der Waals surface area contributed by atoms with Crippen molar-refractivity contribution in [3.8, 4) is 23.0 Å². The maximum absolute atomic E-state index is 13.7. The van der Waals surface area contributed by atoms with Gasteiger partial charge in [-0.3, -0.25) is 14.6 Å². The first-order valence-electron chi connectivity index (χ1n) is 11.2. The lowest BCUT2D eigenvalue weighted by atomic mass is 10.2. The Bertz CT molecular complexity index is 1120. The van der Waals surface area contributed by atoms with E-state index in [0.29, 0.717) is 59.9 Å². The van der Waals surface area contributed by atoms with Crippen LogP contribution in [0.5, 0.6) is 23.0 Å². The highest BCUT2D eigenvalue weighted by molar-refractivity contribution is 7.22. The molecule has 0 bridgehead atoms. The van der Waals surface area contributed by atoms with Crippen LogP contribution < -0.4 is 23.8 Å². The van der Waals surface area contributed by atoms with E-state index in [2.05, 4.69) is 4.90 Å². The number of methoxy groups -OCH3 is 2. The second-order valence-electron chi connectivity index (χ2n) is 7.95. The Kier molecular flexibility index (Phi) is 6.70. The molecule has 0 spiro atoms. The fourth-order valence-electron chi connectivity index (χ4n) is 4.07. The minimum Gasteiger partial charge on any atom is -0.495 e. The highest BCUT2D eigenvalue weighted by Crippen LogP contribution is 2.40. The number of fused-ring (bicyclic) bond motifs is 2. The SMILES string of the molecule is COc1ccc(OC)c2sc(N(CCN3CCOCC3)C(=O)[C@@H]3COc4ccccc4O3)nc12. The molecule has 0 N–H and O–H groups in total. The lowest BCUT2D eigenvalue weighted by Crippen LogP contribution is -2.49. The van der Waals surface area contributed by atoms with E-state index in [1.54, 1.807) is 25.2 Å². The van der Waals surface area contributed by atoms with Crippen molar-refractivity contribution in [2.24, 2.45) is 0 Å². The lowest BCUT2D eigenvalue weighted by Gasteiger charge is -2.32. The van der Waals surface area contributed by atoms with Crippen molar-refractivity contribution in [3.05, 3.63) is 36.4 Å². The van der Waals surface area contributed by atoms with Gasteiger partial charge in [0.25, 0.3) is 5.91 Å². The van der Waals surface area contributed by atoms with Crippen LogP contribution in [0.1, 0.15) is 0 Å². The first-order chi connectivity index (χ1) is 16.7. The molecule has 2 aromatic carbocycles. The molecule has 1 fully saturated rings. The number of carbonyl (C=O) groups is 1. The number of carbonyl (C=O) groups excluding carboxylic acids is 1. The van der Waals surface area contributed by atoms with E-state index >= 15 is 0 Å². The predicted octanol–water partition coefficient (Wildman–Crippen LogP) is 2.82. The third-order valence-corrected chi connectivity index (χ3v) is 7.02. The van der Waals surface area contributed by atoms with Crippen LogP contribution in [0.4, 0.5) is 5.13 Å². The number of nitrogens with zero attached hydrogens (tertiary/aromatic N) is 3. The van der Waals surface area contributed by atoms with Gasteiger partial charge in [0, 0.05) is 26.2 Å². The number of morpholine rings is 1. The molecule has 0 radical (unpaired) electrons. The van der Waals surface area contributed by atoms with Gasteiger partial charge in [-0.05, 0) is 24.3 Å². The highest BCUT2D eigenvalue weighted by Gasteiger charge is 2.34. The van der Waals surface area contributed by atoms with Crippen molar-refractivity contribution in [1.82, 2.24) is 9.88 Å². The van der Waals surface area contributed by atoms with Gasteiger partial charge in [0.2, 0.25) is 6.10 Å². The molecule has 1 atom stereocenters. The molecule has 34 heavy (non-hydrogen) atoms. The van der Waals surface area contributed by atoms with Crippen LogP contribution in [0.15, 0.2) is 36.4 Å². The van der Waals surface area contributed by atoms with Crippen molar-refractivity contribution >= 4 is 32.6 Å². The quantitative estimate of drug-likeness (QED) is 0.505. The van der Waals surface area contributed by atoms with Gasteiger partial charge in [0.15, 0.2) is 16.6 Å². The molecule has 3 heterocycles. The van der Waals surface area contributed by atoms with Gasteiger partial charge in [0.1, 0.15) is 28.3 Å². The minimum absolute atomic E-state index is 0.140. The van der Waals surface area contributed by atoms with Gasteiger partial charge in [-0.1, -0.05) is 23.5 Å².